The van der Waals surface area contributed by atoms with Gasteiger partial charge in [0.05, 0.1) is 6.61 Å². The van der Waals surface area contributed by atoms with Crippen LogP contribution in [0.2, 0.25) is 0 Å². The van der Waals surface area contributed by atoms with Gasteiger partial charge in [-0.2, -0.15) is 0 Å². The van der Waals surface area contributed by atoms with Crippen molar-refractivity contribution in [2.45, 2.75) is 26.7 Å². The Morgan fingerprint density at radius 3 is 2.40 bits per heavy atom. The van der Waals surface area contributed by atoms with Gasteiger partial charge in [-0.3, -0.25) is 0 Å². The van der Waals surface area contributed by atoms with Gasteiger partial charge in [-0.05, 0) is 50.5 Å². The average Bonchev–Trinajstić information content (AvgIpc) is 2.46. The summed E-state index contributed by atoms with van der Waals surface area (Å²) < 4.78 is 5.71. The number of rotatable bonds is 7. The zero-order chi connectivity index (χ0) is 14.2. The normalized spacial score (nSPS) is 10.3. The highest BCUT2D eigenvalue weighted by Gasteiger charge is 1.96. The SMILES string of the molecule is Cc1ccc(OCCCCNc2ccccc2C)cc1. The molecule has 0 atom stereocenters. The number of para-hydroxylation sites is 1. The molecule has 0 aliphatic rings. The second-order valence-corrected chi connectivity index (χ2v) is 5.11. The minimum Gasteiger partial charge on any atom is -0.494 e. The first-order chi connectivity index (χ1) is 9.75. The van der Waals surface area contributed by atoms with E-state index in [1.54, 1.807) is 0 Å². The summed E-state index contributed by atoms with van der Waals surface area (Å²) in [6, 6.07) is 16.6. The first-order valence-corrected chi connectivity index (χ1v) is 7.25. The van der Waals surface area contributed by atoms with Crippen molar-refractivity contribution < 1.29 is 4.74 Å². The Balaban J connectivity index is 1.60. The maximum atomic E-state index is 5.71. The third-order valence-corrected chi connectivity index (χ3v) is 3.32. The van der Waals surface area contributed by atoms with E-state index in [0.29, 0.717) is 0 Å². The Hall–Kier alpha value is -1.96. The molecular formula is C18H23NO. The Morgan fingerprint density at radius 2 is 1.65 bits per heavy atom. The second-order valence-electron chi connectivity index (χ2n) is 5.11. The Morgan fingerprint density at radius 1 is 0.900 bits per heavy atom. The van der Waals surface area contributed by atoms with E-state index in [1.165, 1.54) is 16.8 Å². The number of anilines is 1. The predicted octanol–water partition coefficient (Wildman–Crippen LogP) is 4.57. The lowest BCUT2D eigenvalue weighted by molar-refractivity contribution is 0.308. The molecule has 1 N–H and O–H groups in total. The van der Waals surface area contributed by atoms with Gasteiger partial charge in [0.2, 0.25) is 0 Å². The summed E-state index contributed by atoms with van der Waals surface area (Å²) in [5.41, 5.74) is 3.79. The molecule has 2 nitrogen and oxygen atoms in total. The van der Waals surface area contributed by atoms with Crippen LogP contribution in [0.3, 0.4) is 0 Å². The second kappa shape index (κ2) is 7.59. The van der Waals surface area contributed by atoms with Gasteiger partial charge < -0.3 is 10.1 Å². The lowest BCUT2D eigenvalue weighted by Crippen LogP contribution is -2.05. The van der Waals surface area contributed by atoms with Crippen LogP contribution in [-0.4, -0.2) is 13.2 Å². The quantitative estimate of drug-likeness (QED) is 0.743. The van der Waals surface area contributed by atoms with Crippen LogP contribution >= 0.6 is 0 Å². The minimum atomic E-state index is 0.776. The zero-order valence-electron chi connectivity index (χ0n) is 12.4. The summed E-state index contributed by atoms with van der Waals surface area (Å²) >= 11 is 0. The van der Waals surface area contributed by atoms with Crippen LogP contribution in [0.1, 0.15) is 24.0 Å². The molecule has 0 spiro atoms. The highest BCUT2D eigenvalue weighted by molar-refractivity contribution is 5.50. The molecule has 0 radical (unpaired) electrons. The van der Waals surface area contributed by atoms with Gasteiger partial charge in [-0.1, -0.05) is 35.9 Å². The van der Waals surface area contributed by atoms with Crippen LogP contribution in [0.5, 0.6) is 5.75 Å². The smallest absolute Gasteiger partial charge is 0.119 e. The molecule has 0 heterocycles. The predicted molar refractivity (Wildman–Crippen MR) is 85.6 cm³/mol. The maximum Gasteiger partial charge on any atom is 0.119 e. The summed E-state index contributed by atoms with van der Waals surface area (Å²) in [5.74, 6) is 0.961. The van der Waals surface area contributed by atoms with E-state index in [2.05, 4.69) is 55.6 Å². The standard InChI is InChI=1S/C18H23NO/c1-15-9-11-17(12-10-15)20-14-6-5-13-19-18-8-4-3-7-16(18)2/h3-4,7-12,19H,5-6,13-14H2,1-2H3. The van der Waals surface area contributed by atoms with Crippen LogP contribution in [0.15, 0.2) is 48.5 Å². The number of ether oxygens (including phenoxy) is 1. The highest BCUT2D eigenvalue weighted by Crippen LogP contribution is 2.14. The number of nitrogens with one attached hydrogen (secondary N) is 1. The summed E-state index contributed by atoms with van der Waals surface area (Å²) in [6.45, 7) is 5.98. The molecule has 0 aliphatic carbocycles. The molecule has 0 fully saturated rings. The third-order valence-electron chi connectivity index (χ3n) is 3.32. The molecule has 0 aromatic heterocycles. The average molecular weight is 269 g/mol. The van der Waals surface area contributed by atoms with Crippen LogP contribution < -0.4 is 10.1 Å². The van der Waals surface area contributed by atoms with Crippen LogP contribution in [0, 0.1) is 13.8 Å². The number of hydrogen-bond donors (Lipinski definition) is 1. The monoisotopic (exact) mass is 269 g/mol. The Kier molecular flexibility index (Phi) is 5.48. The van der Waals surface area contributed by atoms with E-state index >= 15 is 0 Å². The molecule has 0 amide bonds. The summed E-state index contributed by atoms with van der Waals surface area (Å²) in [6.07, 6.45) is 2.17. The van der Waals surface area contributed by atoms with Crippen molar-refractivity contribution >= 4 is 5.69 Å². The van der Waals surface area contributed by atoms with Crippen molar-refractivity contribution in [2.24, 2.45) is 0 Å². The summed E-state index contributed by atoms with van der Waals surface area (Å²) in [5, 5.41) is 3.46. The fraction of sp³-hybridized carbons (Fsp3) is 0.333. The minimum absolute atomic E-state index is 0.776. The Bertz CT molecular complexity index is 519. The van der Waals surface area contributed by atoms with E-state index in [9.17, 15) is 0 Å². The molecule has 106 valence electrons. The first-order valence-electron chi connectivity index (χ1n) is 7.25. The van der Waals surface area contributed by atoms with Crippen molar-refractivity contribution in [1.82, 2.24) is 0 Å². The molecule has 2 aromatic rings. The number of aryl methyl sites for hydroxylation is 2. The van der Waals surface area contributed by atoms with Gasteiger partial charge in [-0.25, -0.2) is 0 Å². The summed E-state index contributed by atoms with van der Waals surface area (Å²) in [7, 11) is 0. The van der Waals surface area contributed by atoms with E-state index in [4.69, 9.17) is 4.74 Å². The van der Waals surface area contributed by atoms with E-state index in [1.807, 2.05) is 12.1 Å². The summed E-state index contributed by atoms with van der Waals surface area (Å²) in [4.78, 5) is 0. The van der Waals surface area contributed by atoms with Crippen molar-refractivity contribution in [1.29, 1.82) is 0 Å². The molecule has 0 saturated carbocycles. The number of unbranched alkanes of at least 4 members (excludes halogenated alkanes) is 1. The molecule has 0 saturated heterocycles. The van der Waals surface area contributed by atoms with Crippen molar-refractivity contribution in [2.75, 3.05) is 18.5 Å². The first kappa shape index (κ1) is 14.4. The molecule has 0 aliphatic heterocycles. The van der Waals surface area contributed by atoms with Crippen LogP contribution in [0.4, 0.5) is 5.69 Å². The van der Waals surface area contributed by atoms with Gasteiger partial charge in [0.1, 0.15) is 5.75 Å². The third kappa shape index (κ3) is 4.61. The molecule has 0 bridgehead atoms. The Labute approximate surface area is 121 Å². The van der Waals surface area contributed by atoms with Crippen LogP contribution in [0.25, 0.3) is 0 Å². The molecule has 2 rings (SSSR count). The topological polar surface area (TPSA) is 21.3 Å². The fourth-order valence-electron chi connectivity index (χ4n) is 2.05. The van der Waals surface area contributed by atoms with E-state index in [0.717, 1.165) is 31.7 Å². The zero-order valence-corrected chi connectivity index (χ0v) is 12.4. The van der Waals surface area contributed by atoms with Gasteiger partial charge in [0.15, 0.2) is 0 Å². The van der Waals surface area contributed by atoms with Crippen molar-refractivity contribution in [3.63, 3.8) is 0 Å². The molecule has 2 heteroatoms. The van der Waals surface area contributed by atoms with Gasteiger partial charge in [0.25, 0.3) is 0 Å². The van der Waals surface area contributed by atoms with Crippen molar-refractivity contribution in [3.05, 3.63) is 59.7 Å². The number of hydrogen-bond acceptors (Lipinski definition) is 2. The van der Waals surface area contributed by atoms with Gasteiger partial charge >= 0.3 is 0 Å². The largest absolute Gasteiger partial charge is 0.494 e. The van der Waals surface area contributed by atoms with E-state index < -0.39 is 0 Å². The molecule has 20 heavy (non-hydrogen) atoms. The lowest BCUT2D eigenvalue weighted by atomic mass is 10.2. The lowest BCUT2D eigenvalue weighted by Gasteiger charge is -2.09. The molecule has 0 unspecified atom stereocenters. The van der Waals surface area contributed by atoms with Gasteiger partial charge in [0, 0.05) is 12.2 Å². The molecule has 2 aromatic carbocycles. The van der Waals surface area contributed by atoms with Gasteiger partial charge in [-0.15, -0.1) is 0 Å². The fourth-order valence-corrected chi connectivity index (χ4v) is 2.05. The van der Waals surface area contributed by atoms with Crippen LogP contribution in [-0.2, 0) is 0 Å². The molecular weight excluding hydrogens is 246 g/mol. The highest BCUT2D eigenvalue weighted by atomic mass is 16.5. The van der Waals surface area contributed by atoms with Crippen molar-refractivity contribution in [3.8, 4) is 5.75 Å². The maximum absolute atomic E-state index is 5.71. The van der Waals surface area contributed by atoms with E-state index in [-0.39, 0.29) is 0 Å². The number of benzene rings is 2.